The fourth-order valence-electron chi connectivity index (χ4n) is 2.48. The van der Waals surface area contributed by atoms with E-state index in [9.17, 15) is 9.59 Å². The van der Waals surface area contributed by atoms with Crippen LogP contribution in [0.2, 0.25) is 0 Å². The van der Waals surface area contributed by atoms with Crippen molar-refractivity contribution in [1.82, 2.24) is 16.0 Å². The Hall–Kier alpha value is -1.10. The summed E-state index contributed by atoms with van der Waals surface area (Å²) in [5, 5.41) is 8.92. The topological polar surface area (TPSA) is 70.2 Å². The SMILES string of the molecule is CC1(C(=O)NC2CCCCNC2=O)CCCN1. The van der Waals surface area contributed by atoms with E-state index in [2.05, 4.69) is 16.0 Å². The van der Waals surface area contributed by atoms with Gasteiger partial charge in [0, 0.05) is 6.54 Å². The van der Waals surface area contributed by atoms with E-state index in [1.807, 2.05) is 6.92 Å². The molecule has 5 heteroatoms. The number of hydrogen-bond donors (Lipinski definition) is 3. The van der Waals surface area contributed by atoms with Gasteiger partial charge in [0.05, 0.1) is 5.54 Å². The van der Waals surface area contributed by atoms with Crippen LogP contribution in [0.15, 0.2) is 0 Å². The van der Waals surface area contributed by atoms with Crippen LogP contribution in [0.1, 0.15) is 39.0 Å². The van der Waals surface area contributed by atoms with Crippen molar-refractivity contribution in [2.24, 2.45) is 0 Å². The molecule has 2 rings (SSSR count). The van der Waals surface area contributed by atoms with Crippen molar-refractivity contribution in [1.29, 1.82) is 0 Å². The summed E-state index contributed by atoms with van der Waals surface area (Å²) in [6.45, 7) is 3.51. The summed E-state index contributed by atoms with van der Waals surface area (Å²) < 4.78 is 0. The predicted octanol–water partition coefficient (Wildman–Crippen LogP) is -0.0866. The Balaban J connectivity index is 1.94. The van der Waals surface area contributed by atoms with Gasteiger partial charge in [-0.15, -0.1) is 0 Å². The molecule has 2 amide bonds. The zero-order chi connectivity index (χ0) is 12.3. The number of carbonyl (C=O) groups is 2. The predicted molar refractivity (Wildman–Crippen MR) is 64.4 cm³/mol. The van der Waals surface area contributed by atoms with Crippen molar-refractivity contribution in [2.45, 2.75) is 50.6 Å². The molecule has 2 saturated heterocycles. The number of carbonyl (C=O) groups excluding carboxylic acids is 2. The van der Waals surface area contributed by atoms with Crippen molar-refractivity contribution in [3.8, 4) is 0 Å². The zero-order valence-electron chi connectivity index (χ0n) is 10.3. The third-order valence-corrected chi connectivity index (χ3v) is 3.71. The molecule has 0 radical (unpaired) electrons. The summed E-state index contributed by atoms with van der Waals surface area (Å²) >= 11 is 0. The van der Waals surface area contributed by atoms with Gasteiger partial charge in [0.1, 0.15) is 6.04 Å². The van der Waals surface area contributed by atoms with Gasteiger partial charge in [0.2, 0.25) is 11.8 Å². The van der Waals surface area contributed by atoms with Gasteiger partial charge in [0.15, 0.2) is 0 Å². The standard InChI is InChI=1S/C12H21N3O2/c1-12(6-4-8-14-12)11(17)15-9-5-2-3-7-13-10(9)16/h9,14H,2-8H2,1H3,(H,13,16)(H,15,17). The van der Waals surface area contributed by atoms with Crippen molar-refractivity contribution in [2.75, 3.05) is 13.1 Å². The van der Waals surface area contributed by atoms with E-state index in [4.69, 9.17) is 0 Å². The molecule has 0 aromatic heterocycles. The second kappa shape index (κ2) is 5.04. The van der Waals surface area contributed by atoms with Crippen LogP contribution in [0.25, 0.3) is 0 Å². The van der Waals surface area contributed by atoms with Gasteiger partial charge >= 0.3 is 0 Å². The van der Waals surface area contributed by atoms with Gasteiger partial charge < -0.3 is 16.0 Å². The van der Waals surface area contributed by atoms with E-state index in [0.29, 0.717) is 0 Å². The molecule has 2 fully saturated rings. The van der Waals surface area contributed by atoms with E-state index >= 15 is 0 Å². The molecule has 2 aliphatic rings. The first-order valence-electron chi connectivity index (χ1n) is 6.45. The Morgan fingerprint density at radius 3 is 2.88 bits per heavy atom. The molecule has 0 aromatic rings. The molecule has 5 nitrogen and oxygen atoms in total. The van der Waals surface area contributed by atoms with Crippen molar-refractivity contribution < 1.29 is 9.59 Å². The maximum atomic E-state index is 12.1. The lowest BCUT2D eigenvalue weighted by molar-refractivity contribution is -0.132. The summed E-state index contributed by atoms with van der Waals surface area (Å²) in [5.41, 5.74) is -0.493. The summed E-state index contributed by atoms with van der Waals surface area (Å²) in [5.74, 6) is -0.0884. The summed E-state index contributed by atoms with van der Waals surface area (Å²) in [6, 6.07) is -0.357. The molecule has 3 N–H and O–H groups in total. The molecule has 2 heterocycles. The lowest BCUT2D eigenvalue weighted by Crippen LogP contribution is -2.56. The molecule has 2 unspecified atom stereocenters. The molecule has 2 aliphatic heterocycles. The maximum absolute atomic E-state index is 12.1. The first-order chi connectivity index (χ1) is 8.12. The first-order valence-corrected chi connectivity index (χ1v) is 6.45. The average Bonchev–Trinajstić information content (AvgIpc) is 2.65. The van der Waals surface area contributed by atoms with E-state index in [1.54, 1.807) is 0 Å². The van der Waals surface area contributed by atoms with Crippen molar-refractivity contribution in [3.63, 3.8) is 0 Å². The zero-order valence-corrected chi connectivity index (χ0v) is 10.3. The van der Waals surface area contributed by atoms with Crippen LogP contribution in [0.3, 0.4) is 0 Å². The van der Waals surface area contributed by atoms with Crippen LogP contribution in [-0.4, -0.2) is 36.5 Å². The molecule has 17 heavy (non-hydrogen) atoms. The Morgan fingerprint density at radius 2 is 2.18 bits per heavy atom. The number of rotatable bonds is 2. The second-order valence-electron chi connectivity index (χ2n) is 5.18. The van der Waals surface area contributed by atoms with Crippen LogP contribution in [-0.2, 0) is 9.59 Å². The molecular formula is C12H21N3O2. The van der Waals surface area contributed by atoms with Crippen molar-refractivity contribution in [3.05, 3.63) is 0 Å². The normalized spacial score (nSPS) is 33.9. The minimum absolute atomic E-state index is 0.0440. The molecular weight excluding hydrogens is 218 g/mol. The van der Waals surface area contributed by atoms with Gasteiger partial charge in [-0.1, -0.05) is 0 Å². The highest BCUT2D eigenvalue weighted by molar-refractivity contribution is 5.92. The Labute approximate surface area is 102 Å². The molecule has 0 saturated carbocycles. The Morgan fingerprint density at radius 1 is 1.35 bits per heavy atom. The Kier molecular flexibility index (Phi) is 3.66. The van der Waals surface area contributed by atoms with Gasteiger partial charge in [-0.2, -0.15) is 0 Å². The third kappa shape index (κ3) is 2.77. The largest absolute Gasteiger partial charge is 0.354 e. The highest BCUT2D eigenvalue weighted by Gasteiger charge is 2.37. The quantitative estimate of drug-likeness (QED) is 0.631. The highest BCUT2D eigenvalue weighted by atomic mass is 16.2. The van der Waals surface area contributed by atoms with Crippen LogP contribution < -0.4 is 16.0 Å². The van der Waals surface area contributed by atoms with Gasteiger partial charge in [-0.05, 0) is 45.6 Å². The van der Waals surface area contributed by atoms with Crippen LogP contribution >= 0.6 is 0 Å². The van der Waals surface area contributed by atoms with Gasteiger partial charge in [-0.25, -0.2) is 0 Å². The minimum Gasteiger partial charge on any atom is -0.354 e. The maximum Gasteiger partial charge on any atom is 0.242 e. The fraction of sp³-hybridized carbons (Fsp3) is 0.833. The smallest absolute Gasteiger partial charge is 0.242 e. The molecule has 96 valence electrons. The number of hydrogen-bond acceptors (Lipinski definition) is 3. The summed E-state index contributed by atoms with van der Waals surface area (Å²) in [7, 11) is 0. The monoisotopic (exact) mass is 239 g/mol. The Bertz CT molecular complexity index is 311. The van der Waals surface area contributed by atoms with Crippen molar-refractivity contribution >= 4 is 11.8 Å². The molecule has 0 spiro atoms. The third-order valence-electron chi connectivity index (χ3n) is 3.71. The van der Waals surface area contributed by atoms with Crippen LogP contribution in [0.4, 0.5) is 0 Å². The first kappa shape index (κ1) is 12.4. The number of nitrogens with one attached hydrogen (secondary N) is 3. The van der Waals surface area contributed by atoms with E-state index in [-0.39, 0.29) is 17.9 Å². The molecule has 2 atom stereocenters. The number of amides is 2. The molecule has 0 aromatic carbocycles. The van der Waals surface area contributed by atoms with Gasteiger partial charge in [-0.3, -0.25) is 9.59 Å². The van der Waals surface area contributed by atoms with E-state index < -0.39 is 5.54 Å². The summed E-state index contributed by atoms with van der Waals surface area (Å²) in [4.78, 5) is 23.9. The highest BCUT2D eigenvalue weighted by Crippen LogP contribution is 2.19. The lowest BCUT2D eigenvalue weighted by Gasteiger charge is -2.26. The second-order valence-corrected chi connectivity index (χ2v) is 5.18. The summed E-state index contributed by atoms with van der Waals surface area (Å²) in [6.07, 6.45) is 4.57. The minimum atomic E-state index is -0.493. The van der Waals surface area contributed by atoms with Crippen LogP contribution in [0.5, 0.6) is 0 Å². The van der Waals surface area contributed by atoms with E-state index in [0.717, 1.165) is 45.2 Å². The lowest BCUT2D eigenvalue weighted by atomic mass is 9.98. The molecule has 0 bridgehead atoms. The fourth-order valence-corrected chi connectivity index (χ4v) is 2.48. The molecule has 0 aliphatic carbocycles. The van der Waals surface area contributed by atoms with Gasteiger partial charge in [0.25, 0.3) is 0 Å². The van der Waals surface area contributed by atoms with E-state index in [1.165, 1.54) is 0 Å². The van der Waals surface area contributed by atoms with Crippen LogP contribution in [0, 0.1) is 0 Å². The average molecular weight is 239 g/mol.